The second-order valence-electron chi connectivity index (χ2n) is 6.09. The topological polar surface area (TPSA) is 76.1 Å². The van der Waals surface area contributed by atoms with Crippen molar-refractivity contribution >= 4 is 23.0 Å². The van der Waals surface area contributed by atoms with Gasteiger partial charge in [0.05, 0.1) is 23.6 Å². The first-order chi connectivity index (χ1) is 13.1. The molecule has 0 saturated heterocycles. The fourth-order valence-electron chi connectivity index (χ4n) is 3.17. The van der Waals surface area contributed by atoms with Crippen LogP contribution in [0.1, 0.15) is 27.7 Å². The second-order valence-corrected chi connectivity index (χ2v) is 7.04. The van der Waals surface area contributed by atoms with Gasteiger partial charge in [-0.05, 0) is 35.6 Å². The van der Waals surface area contributed by atoms with Gasteiger partial charge < -0.3 is 19.5 Å². The summed E-state index contributed by atoms with van der Waals surface area (Å²) in [7, 11) is 3.16. The quantitative estimate of drug-likeness (QED) is 0.555. The number of hydrogen-bond acceptors (Lipinski definition) is 6. The molecule has 0 fully saturated rings. The second kappa shape index (κ2) is 8.37. The maximum absolute atomic E-state index is 13.0. The number of aliphatic hydroxyl groups excluding tert-OH is 1. The summed E-state index contributed by atoms with van der Waals surface area (Å²) in [6, 6.07) is 9.98. The maximum Gasteiger partial charge on any atom is 0.290 e. The first kappa shape index (κ1) is 19.1. The zero-order valence-electron chi connectivity index (χ0n) is 15.2. The van der Waals surface area contributed by atoms with Crippen LogP contribution in [-0.4, -0.2) is 49.1 Å². The highest BCUT2D eigenvalue weighted by Crippen LogP contribution is 2.39. The molecule has 6 nitrogen and oxygen atoms in total. The van der Waals surface area contributed by atoms with Gasteiger partial charge >= 0.3 is 0 Å². The molecule has 0 aliphatic carbocycles. The Labute approximate surface area is 161 Å². The van der Waals surface area contributed by atoms with Crippen LogP contribution in [0.4, 0.5) is 0 Å². The number of methoxy groups -OCH3 is 2. The van der Waals surface area contributed by atoms with Crippen molar-refractivity contribution < 1.29 is 24.2 Å². The van der Waals surface area contributed by atoms with Crippen molar-refractivity contribution in [3.05, 3.63) is 63.6 Å². The third-order valence-electron chi connectivity index (χ3n) is 4.47. The van der Waals surface area contributed by atoms with Crippen LogP contribution in [0.25, 0.3) is 0 Å². The summed E-state index contributed by atoms with van der Waals surface area (Å²) in [4.78, 5) is 27.7. The number of rotatable bonds is 8. The predicted molar refractivity (Wildman–Crippen MR) is 102 cm³/mol. The van der Waals surface area contributed by atoms with Gasteiger partial charge in [0.1, 0.15) is 5.75 Å². The van der Waals surface area contributed by atoms with Crippen LogP contribution >= 0.6 is 11.3 Å². The number of Topliss-reactive ketones (excluding diaryl/α,β-unsaturated/α-hetero) is 1. The summed E-state index contributed by atoms with van der Waals surface area (Å²) in [5, 5.41) is 12.3. The molecule has 1 aliphatic rings. The Morgan fingerprint density at radius 3 is 2.56 bits per heavy atom. The molecule has 7 heteroatoms. The van der Waals surface area contributed by atoms with Gasteiger partial charge in [-0.1, -0.05) is 18.2 Å². The van der Waals surface area contributed by atoms with Crippen molar-refractivity contribution in [3.8, 4) is 5.75 Å². The van der Waals surface area contributed by atoms with Crippen molar-refractivity contribution in [2.24, 2.45) is 0 Å². The minimum absolute atomic E-state index is 0.116. The molecule has 0 unspecified atom stereocenters. The van der Waals surface area contributed by atoms with Gasteiger partial charge in [-0.25, -0.2) is 0 Å². The molecule has 3 rings (SSSR count). The summed E-state index contributed by atoms with van der Waals surface area (Å²) in [6.07, 6.45) is 0.600. The Kier molecular flexibility index (Phi) is 5.93. The molecule has 27 heavy (non-hydrogen) atoms. The highest BCUT2D eigenvalue weighted by Gasteiger charge is 2.43. The zero-order chi connectivity index (χ0) is 19.4. The molecule has 1 atom stereocenters. The summed E-state index contributed by atoms with van der Waals surface area (Å²) in [5.74, 6) is -0.669. The van der Waals surface area contributed by atoms with Crippen LogP contribution < -0.4 is 4.74 Å². The molecule has 2 aromatic rings. The Morgan fingerprint density at radius 2 is 1.96 bits per heavy atom. The molecule has 2 heterocycles. The van der Waals surface area contributed by atoms with Gasteiger partial charge in [0.15, 0.2) is 5.76 Å². The molecule has 0 bridgehead atoms. The molecule has 1 N–H and O–H groups in total. The number of aliphatic hydroxyl groups is 1. The summed E-state index contributed by atoms with van der Waals surface area (Å²) >= 11 is 1.28. The predicted octanol–water partition coefficient (Wildman–Crippen LogP) is 3.37. The lowest BCUT2D eigenvalue weighted by Gasteiger charge is -2.26. The van der Waals surface area contributed by atoms with Gasteiger partial charge in [-0.2, -0.15) is 0 Å². The highest BCUT2D eigenvalue weighted by molar-refractivity contribution is 7.12. The Balaban J connectivity index is 2.01. The molecule has 0 radical (unpaired) electrons. The molecular weight excluding hydrogens is 366 g/mol. The van der Waals surface area contributed by atoms with E-state index in [0.29, 0.717) is 30.2 Å². The van der Waals surface area contributed by atoms with E-state index in [-0.39, 0.29) is 11.4 Å². The normalized spacial score (nSPS) is 16.9. The monoisotopic (exact) mass is 387 g/mol. The van der Waals surface area contributed by atoms with E-state index >= 15 is 0 Å². The number of carbonyl (C=O) groups excluding carboxylic acids is 2. The molecule has 1 aromatic carbocycles. The van der Waals surface area contributed by atoms with Crippen LogP contribution in [-0.2, 0) is 9.53 Å². The van der Waals surface area contributed by atoms with E-state index in [1.54, 1.807) is 56.0 Å². The Bertz CT molecular complexity index is 842. The minimum Gasteiger partial charge on any atom is -0.503 e. The highest BCUT2D eigenvalue weighted by atomic mass is 32.1. The van der Waals surface area contributed by atoms with E-state index < -0.39 is 17.7 Å². The molecule has 142 valence electrons. The fraction of sp³-hybridized carbons (Fsp3) is 0.300. The summed E-state index contributed by atoms with van der Waals surface area (Å²) in [6.45, 7) is 0.850. The average molecular weight is 387 g/mol. The lowest BCUT2D eigenvalue weighted by Crippen LogP contribution is -2.32. The van der Waals surface area contributed by atoms with E-state index in [4.69, 9.17) is 9.47 Å². The molecular formula is C20H21NO5S. The van der Waals surface area contributed by atoms with Crippen molar-refractivity contribution in [2.75, 3.05) is 27.4 Å². The number of nitrogens with zero attached hydrogens (tertiary/aromatic N) is 1. The van der Waals surface area contributed by atoms with E-state index in [1.165, 1.54) is 16.2 Å². The molecule has 0 spiro atoms. The van der Waals surface area contributed by atoms with E-state index in [1.807, 2.05) is 0 Å². The van der Waals surface area contributed by atoms with Crippen molar-refractivity contribution in [3.63, 3.8) is 0 Å². The van der Waals surface area contributed by atoms with E-state index in [0.717, 1.165) is 5.56 Å². The van der Waals surface area contributed by atoms with Crippen LogP contribution in [0, 0.1) is 0 Å². The SMILES string of the molecule is COCCCN1C(=O)C(O)=C(C(=O)c2cccs2)[C@@H]1c1ccc(OC)cc1. The molecule has 1 aliphatic heterocycles. The van der Waals surface area contributed by atoms with Crippen molar-refractivity contribution in [1.29, 1.82) is 0 Å². The summed E-state index contributed by atoms with van der Waals surface area (Å²) in [5.41, 5.74) is 0.857. The van der Waals surface area contributed by atoms with Crippen molar-refractivity contribution in [2.45, 2.75) is 12.5 Å². The lowest BCUT2D eigenvalue weighted by atomic mass is 9.95. The van der Waals surface area contributed by atoms with Gasteiger partial charge in [-0.3, -0.25) is 9.59 Å². The smallest absolute Gasteiger partial charge is 0.290 e. The maximum atomic E-state index is 13.0. The van der Waals surface area contributed by atoms with Crippen LogP contribution in [0.2, 0.25) is 0 Å². The molecule has 1 aromatic heterocycles. The first-order valence-electron chi connectivity index (χ1n) is 8.53. The number of ketones is 1. The lowest BCUT2D eigenvalue weighted by molar-refractivity contribution is -0.129. The molecule has 0 saturated carbocycles. The van der Waals surface area contributed by atoms with Crippen LogP contribution in [0.5, 0.6) is 5.75 Å². The van der Waals surface area contributed by atoms with E-state index in [2.05, 4.69) is 0 Å². The van der Waals surface area contributed by atoms with E-state index in [9.17, 15) is 14.7 Å². The summed E-state index contributed by atoms with van der Waals surface area (Å²) < 4.78 is 10.3. The van der Waals surface area contributed by atoms with Crippen LogP contribution in [0.15, 0.2) is 53.1 Å². The van der Waals surface area contributed by atoms with Gasteiger partial charge in [0.25, 0.3) is 5.91 Å². The number of hydrogen-bond donors (Lipinski definition) is 1. The van der Waals surface area contributed by atoms with Crippen molar-refractivity contribution in [1.82, 2.24) is 4.90 Å². The molecule has 1 amide bonds. The Morgan fingerprint density at radius 1 is 1.22 bits per heavy atom. The number of thiophene rings is 1. The first-order valence-corrected chi connectivity index (χ1v) is 9.41. The number of carbonyl (C=O) groups is 2. The van der Waals surface area contributed by atoms with Gasteiger partial charge in [0.2, 0.25) is 5.78 Å². The number of ether oxygens (including phenoxy) is 2. The zero-order valence-corrected chi connectivity index (χ0v) is 16.0. The Hall–Kier alpha value is -2.64. The fourth-order valence-corrected chi connectivity index (χ4v) is 3.85. The number of benzene rings is 1. The average Bonchev–Trinajstić information content (AvgIpc) is 3.31. The van der Waals surface area contributed by atoms with Crippen LogP contribution in [0.3, 0.4) is 0 Å². The van der Waals surface area contributed by atoms with Gasteiger partial charge in [-0.15, -0.1) is 11.3 Å². The standard InChI is InChI=1S/C20H21NO5S/c1-25-11-4-10-21-17(13-6-8-14(26-2)9-7-13)16(19(23)20(21)24)18(22)15-5-3-12-27-15/h3,5-9,12,17,23H,4,10-11H2,1-2H3/t17-/m0/s1. The minimum atomic E-state index is -0.644. The third kappa shape index (κ3) is 3.74. The number of amides is 1. The third-order valence-corrected chi connectivity index (χ3v) is 5.34. The van der Waals surface area contributed by atoms with Gasteiger partial charge in [0, 0.05) is 20.3 Å². The largest absolute Gasteiger partial charge is 0.503 e.